The van der Waals surface area contributed by atoms with E-state index in [0.717, 1.165) is 0 Å². The van der Waals surface area contributed by atoms with E-state index in [-0.39, 0.29) is 11.6 Å². The molecule has 0 aliphatic heterocycles. The summed E-state index contributed by atoms with van der Waals surface area (Å²) in [5.74, 6) is 0.0150. The van der Waals surface area contributed by atoms with E-state index >= 15 is 0 Å². The minimum absolute atomic E-state index is 0.00750. The predicted octanol–water partition coefficient (Wildman–Crippen LogP) is 2.87. The first-order valence-electron chi connectivity index (χ1n) is 5.36. The van der Waals surface area contributed by atoms with Gasteiger partial charge in [-0.05, 0) is 12.8 Å². The lowest BCUT2D eigenvalue weighted by atomic mass is 9.78. The molecule has 0 bridgehead atoms. The first kappa shape index (κ1) is 10.1. The Balaban J connectivity index is 2.63. The van der Waals surface area contributed by atoms with Crippen molar-refractivity contribution in [3.05, 3.63) is 35.4 Å². The summed E-state index contributed by atoms with van der Waals surface area (Å²) in [6.07, 6.45) is 1.19. The van der Waals surface area contributed by atoms with Crippen LogP contribution in [0.5, 0.6) is 0 Å². The molecule has 2 nitrogen and oxygen atoms in total. The van der Waals surface area contributed by atoms with Crippen LogP contribution in [0, 0.1) is 5.41 Å². The van der Waals surface area contributed by atoms with Gasteiger partial charge in [0.1, 0.15) is 0 Å². The second kappa shape index (κ2) is 3.30. The van der Waals surface area contributed by atoms with Gasteiger partial charge < -0.3 is 0 Å². The molecular formula is C13H14O2. The third-order valence-corrected chi connectivity index (χ3v) is 3.49. The van der Waals surface area contributed by atoms with Crippen molar-refractivity contribution < 1.29 is 9.59 Å². The molecule has 0 aromatic heterocycles. The molecular weight excluding hydrogens is 188 g/mol. The number of ketones is 2. The molecule has 0 N–H and O–H groups in total. The molecule has 2 heteroatoms. The Morgan fingerprint density at radius 3 is 1.67 bits per heavy atom. The lowest BCUT2D eigenvalue weighted by Gasteiger charge is -2.21. The number of Topliss-reactive ketones (excluding diaryl/α,β-unsaturated/α-hetero) is 2. The van der Waals surface area contributed by atoms with Crippen LogP contribution in [0.3, 0.4) is 0 Å². The first-order chi connectivity index (χ1) is 7.17. The SMILES string of the molecule is CCC1(CC)C(=O)c2ccccc2C1=O. The predicted molar refractivity (Wildman–Crippen MR) is 58.1 cm³/mol. The minimum Gasteiger partial charge on any atom is -0.293 e. The fraction of sp³-hybridized carbons (Fsp3) is 0.385. The normalized spacial score (nSPS) is 18.0. The van der Waals surface area contributed by atoms with Crippen LogP contribution in [-0.4, -0.2) is 11.6 Å². The smallest absolute Gasteiger partial charge is 0.177 e. The third kappa shape index (κ3) is 1.11. The number of carbonyl (C=O) groups is 2. The topological polar surface area (TPSA) is 34.1 Å². The number of rotatable bonds is 2. The summed E-state index contributed by atoms with van der Waals surface area (Å²) in [5.41, 5.74) is 0.432. The zero-order valence-electron chi connectivity index (χ0n) is 9.04. The summed E-state index contributed by atoms with van der Waals surface area (Å²) in [6, 6.07) is 7.13. The highest BCUT2D eigenvalue weighted by molar-refractivity contribution is 6.29. The van der Waals surface area contributed by atoms with Gasteiger partial charge in [-0.2, -0.15) is 0 Å². The summed E-state index contributed by atoms with van der Waals surface area (Å²) >= 11 is 0. The number of carbonyl (C=O) groups excluding carboxylic acids is 2. The quantitative estimate of drug-likeness (QED) is 0.691. The Hall–Kier alpha value is -1.44. The zero-order valence-corrected chi connectivity index (χ0v) is 9.04. The Kier molecular flexibility index (Phi) is 2.22. The Labute approximate surface area is 89.3 Å². The standard InChI is InChI=1S/C13H14O2/c1-3-13(4-2)11(14)9-7-5-6-8-10(9)12(13)15/h5-8H,3-4H2,1-2H3. The van der Waals surface area contributed by atoms with Crippen LogP contribution in [0.2, 0.25) is 0 Å². The van der Waals surface area contributed by atoms with Crippen LogP contribution in [0.15, 0.2) is 24.3 Å². The molecule has 0 saturated carbocycles. The molecule has 0 fully saturated rings. The number of fused-ring (bicyclic) bond motifs is 1. The monoisotopic (exact) mass is 202 g/mol. The average Bonchev–Trinajstić information content (AvgIpc) is 2.51. The fourth-order valence-corrected chi connectivity index (χ4v) is 2.39. The molecule has 15 heavy (non-hydrogen) atoms. The van der Waals surface area contributed by atoms with Gasteiger partial charge in [-0.3, -0.25) is 9.59 Å². The number of hydrogen-bond acceptors (Lipinski definition) is 2. The highest BCUT2D eigenvalue weighted by atomic mass is 16.2. The van der Waals surface area contributed by atoms with E-state index in [2.05, 4.69) is 0 Å². The van der Waals surface area contributed by atoms with Crippen molar-refractivity contribution in [1.29, 1.82) is 0 Å². The molecule has 1 aliphatic carbocycles. The van der Waals surface area contributed by atoms with Crippen molar-refractivity contribution in [2.24, 2.45) is 5.41 Å². The van der Waals surface area contributed by atoms with E-state index in [1.54, 1.807) is 12.1 Å². The van der Waals surface area contributed by atoms with Crippen LogP contribution < -0.4 is 0 Å². The van der Waals surface area contributed by atoms with Crippen molar-refractivity contribution in [1.82, 2.24) is 0 Å². The van der Waals surface area contributed by atoms with Crippen molar-refractivity contribution in [2.75, 3.05) is 0 Å². The van der Waals surface area contributed by atoms with Crippen LogP contribution in [-0.2, 0) is 0 Å². The van der Waals surface area contributed by atoms with Crippen LogP contribution in [0.25, 0.3) is 0 Å². The van der Waals surface area contributed by atoms with Gasteiger partial charge >= 0.3 is 0 Å². The fourth-order valence-electron chi connectivity index (χ4n) is 2.39. The molecule has 0 unspecified atom stereocenters. The van der Waals surface area contributed by atoms with E-state index in [4.69, 9.17) is 0 Å². The lowest BCUT2D eigenvalue weighted by molar-refractivity contribution is 0.0683. The average molecular weight is 202 g/mol. The summed E-state index contributed by atoms with van der Waals surface area (Å²) in [4.78, 5) is 24.3. The van der Waals surface area contributed by atoms with Crippen molar-refractivity contribution >= 4 is 11.6 Å². The summed E-state index contributed by atoms with van der Waals surface area (Å²) in [6.45, 7) is 3.82. The molecule has 1 aromatic rings. The molecule has 0 spiro atoms. The van der Waals surface area contributed by atoms with E-state index in [0.29, 0.717) is 24.0 Å². The molecule has 2 rings (SSSR count). The van der Waals surface area contributed by atoms with E-state index in [9.17, 15) is 9.59 Å². The maximum atomic E-state index is 12.2. The summed E-state index contributed by atoms with van der Waals surface area (Å²) in [7, 11) is 0. The molecule has 1 aliphatic rings. The molecule has 0 heterocycles. The molecule has 0 radical (unpaired) electrons. The summed E-state index contributed by atoms with van der Waals surface area (Å²) in [5, 5.41) is 0. The van der Waals surface area contributed by atoms with Gasteiger partial charge in [0, 0.05) is 11.1 Å². The molecule has 0 amide bonds. The second-order valence-electron chi connectivity index (χ2n) is 3.99. The Morgan fingerprint density at radius 2 is 1.33 bits per heavy atom. The number of benzene rings is 1. The molecule has 0 atom stereocenters. The van der Waals surface area contributed by atoms with Gasteiger partial charge in [0.2, 0.25) is 0 Å². The van der Waals surface area contributed by atoms with Crippen LogP contribution in [0.1, 0.15) is 47.4 Å². The molecule has 1 aromatic carbocycles. The second-order valence-corrected chi connectivity index (χ2v) is 3.99. The van der Waals surface area contributed by atoms with Gasteiger partial charge in [-0.25, -0.2) is 0 Å². The minimum atomic E-state index is -0.774. The van der Waals surface area contributed by atoms with Crippen LogP contribution >= 0.6 is 0 Å². The maximum Gasteiger partial charge on any atom is 0.177 e. The maximum absolute atomic E-state index is 12.2. The largest absolute Gasteiger partial charge is 0.293 e. The number of hydrogen-bond donors (Lipinski definition) is 0. The molecule has 78 valence electrons. The van der Waals surface area contributed by atoms with Crippen molar-refractivity contribution in [3.63, 3.8) is 0 Å². The summed E-state index contributed by atoms with van der Waals surface area (Å²) < 4.78 is 0. The molecule has 0 saturated heterocycles. The highest BCUT2D eigenvalue weighted by Gasteiger charge is 2.49. The third-order valence-electron chi connectivity index (χ3n) is 3.49. The zero-order chi connectivity index (χ0) is 11.1. The highest BCUT2D eigenvalue weighted by Crippen LogP contribution is 2.41. The van der Waals surface area contributed by atoms with Gasteiger partial charge in [-0.1, -0.05) is 38.1 Å². The Morgan fingerprint density at radius 1 is 0.933 bits per heavy atom. The van der Waals surface area contributed by atoms with Crippen molar-refractivity contribution in [2.45, 2.75) is 26.7 Å². The lowest BCUT2D eigenvalue weighted by Crippen LogP contribution is -2.31. The van der Waals surface area contributed by atoms with E-state index < -0.39 is 5.41 Å². The van der Waals surface area contributed by atoms with Gasteiger partial charge in [-0.15, -0.1) is 0 Å². The Bertz CT molecular complexity index is 391. The van der Waals surface area contributed by atoms with Crippen molar-refractivity contribution in [3.8, 4) is 0 Å². The first-order valence-corrected chi connectivity index (χ1v) is 5.36. The van der Waals surface area contributed by atoms with Gasteiger partial charge in [0.25, 0.3) is 0 Å². The van der Waals surface area contributed by atoms with Gasteiger partial charge in [0.05, 0.1) is 5.41 Å². The van der Waals surface area contributed by atoms with E-state index in [1.165, 1.54) is 0 Å². The van der Waals surface area contributed by atoms with E-state index in [1.807, 2.05) is 26.0 Å². The van der Waals surface area contributed by atoms with Gasteiger partial charge in [0.15, 0.2) is 11.6 Å². The van der Waals surface area contributed by atoms with Crippen LogP contribution in [0.4, 0.5) is 0 Å².